The third-order valence-corrected chi connectivity index (χ3v) is 3.46. The lowest BCUT2D eigenvalue weighted by atomic mass is 10.2. The van der Waals surface area contributed by atoms with Crippen molar-refractivity contribution in [3.8, 4) is 0 Å². The summed E-state index contributed by atoms with van der Waals surface area (Å²) in [5, 5.41) is 6.78. The van der Waals surface area contributed by atoms with E-state index in [1.165, 1.54) is 0 Å². The summed E-state index contributed by atoms with van der Waals surface area (Å²) in [4.78, 5) is 11.5. The van der Waals surface area contributed by atoms with Gasteiger partial charge in [0.25, 0.3) is 0 Å². The summed E-state index contributed by atoms with van der Waals surface area (Å²) in [5.41, 5.74) is 1.10. The first kappa shape index (κ1) is 16.7. The van der Waals surface area contributed by atoms with Crippen molar-refractivity contribution in [3.05, 3.63) is 11.4 Å². The first-order valence-electron chi connectivity index (χ1n) is 7.51. The van der Waals surface area contributed by atoms with Crippen LogP contribution in [0.5, 0.6) is 0 Å². The average Bonchev–Trinajstić information content (AvgIpc) is 2.40. The Bertz CT molecular complexity index is 417. The van der Waals surface area contributed by atoms with Gasteiger partial charge in [-0.05, 0) is 41.3 Å². The van der Waals surface area contributed by atoms with Gasteiger partial charge < -0.3 is 15.5 Å². The zero-order valence-electron chi connectivity index (χ0n) is 13.7. The highest BCUT2D eigenvalue weighted by Gasteiger charge is 2.11. The Kier molecular flexibility index (Phi) is 6.71. The molecule has 1 aromatic heterocycles. The third-order valence-electron chi connectivity index (χ3n) is 3.46. The predicted octanol–water partition coefficient (Wildman–Crippen LogP) is 2.53. The summed E-state index contributed by atoms with van der Waals surface area (Å²) >= 11 is 0. The number of hydrogen-bond donors (Lipinski definition) is 2. The van der Waals surface area contributed by atoms with E-state index >= 15 is 0 Å². The average molecular weight is 279 g/mol. The molecule has 0 saturated carbocycles. The number of aromatic nitrogens is 2. The highest BCUT2D eigenvalue weighted by molar-refractivity contribution is 5.57. The molecule has 0 amide bonds. The number of aryl methyl sites for hydroxylation is 1. The predicted molar refractivity (Wildman–Crippen MR) is 86.6 cm³/mol. The van der Waals surface area contributed by atoms with Crippen LogP contribution < -0.4 is 10.6 Å². The molecule has 1 heterocycles. The standard InChI is InChI=1S/C15H29N5/c1-7-9-13-18-14(16-8-2)12(4)15(19-13)17-10-11(3)20(5)6/h11H,7-10H2,1-6H3,(H2,16,17,18,19). The van der Waals surface area contributed by atoms with E-state index in [0.717, 1.165) is 49.0 Å². The molecule has 114 valence electrons. The zero-order chi connectivity index (χ0) is 15.1. The van der Waals surface area contributed by atoms with E-state index < -0.39 is 0 Å². The fourth-order valence-electron chi connectivity index (χ4n) is 1.84. The molecule has 0 aliphatic rings. The van der Waals surface area contributed by atoms with Crippen LogP contribution in [-0.2, 0) is 6.42 Å². The van der Waals surface area contributed by atoms with Gasteiger partial charge >= 0.3 is 0 Å². The van der Waals surface area contributed by atoms with E-state index in [1.807, 2.05) is 0 Å². The SMILES string of the molecule is CCCc1nc(NCC)c(C)c(NCC(C)N(C)C)n1. The normalized spacial score (nSPS) is 12.6. The Labute approximate surface area is 123 Å². The molecule has 0 aromatic carbocycles. The zero-order valence-corrected chi connectivity index (χ0v) is 13.7. The van der Waals surface area contributed by atoms with E-state index in [9.17, 15) is 0 Å². The van der Waals surface area contributed by atoms with E-state index in [4.69, 9.17) is 0 Å². The molecule has 5 heteroatoms. The molecule has 0 fully saturated rings. The van der Waals surface area contributed by atoms with Crippen LogP contribution in [0.25, 0.3) is 0 Å². The number of nitrogens with zero attached hydrogens (tertiary/aromatic N) is 3. The second-order valence-corrected chi connectivity index (χ2v) is 5.44. The summed E-state index contributed by atoms with van der Waals surface area (Å²) < 4.78 is 0. The van der Waals surface area contributed by atoms with Gasteiger partial charge in [0.15, 0.2) is 0 Å². The summed E-state index contributed by atoms with van der Waals surface area (Å²) in [6.45, 7) is 10.2. The van der Waals surface area contributed by atoms with E-state index in [1.54, 1.807) is 0 Å². The Balaban J connectivity index is 2.91. The Morgan fingerprint density at radius 3 is 2.20 bits per heavy atom. The van der Waals surface area contributed by atoms with Gasteiger partial charge in [0.05, 0.1) is 0 Å². The summed E-state index contributed by atoms with van der Waals surface area (Å²) in [7, 11) is 4.18. The second-order valence-electron chi connectivity index (χ2n) is 5.44. The lowest BCUT2D eigenvalue weighted by molar-refractivity contribution is 0.326. The molecule has 0 saturated heterocycles. The quantitative estimate of drug-likeness (QED) is 0.766. The molecule has 0 bridgehead atoms. The molecule has 1 unspecified atom stereocenters. The fourth-order valence-corrected chi connectivity index (χ4v) is 1.84. The molecule has 0 radical (unpaired) electrons. The number of anilines is 2. The molecule has 0 aliphatic heterocycles. The molecule has 0 spiro atoms. The van der Waals surface area contributed by atoms with Crippen molar-refractivity contribution < 1.29 is 0 Å². The second kappa shape index (κ2) is 8.04. The molecule has 1 atom stereocenters. The van der Waals surface area contributed by atoms with Crippen molar-refractivity contribution in [1.29, 1.82) is 0 Å². The van der Waals surface area contributed by atoms with Crippen molar-refractivity contribution >= 4 is 11.6 Å². The molecule has 0 aliphatic carbocycles. The minimum atomic E-state index is 0.460. The van der Waals surface area contributed by atoms with Crippen LogP contribution in [0.4, 0.5) is 11.6 Å². The minimum Gasteiger partial charge on any atom is -0.370 e. The van der Waals surface area contributed by atoms with Gasteiger partial charge in [-0.1, -0.05) is 6.92 Å². The van der Waals surface area contributed by atoms with Crippen molar-refractivity contribution in [2.45, 2.75) is 46.6 Å². The first-order chi connectivity index (χ1) is 9.49. The lowest BCUT2D eigenvalue weighted by Gasteiger charge is -2.21. The first-order valence-corrected chi connectivity index (χ1v) is 7.51. The highest BCUT2D eigenvalue weighted by atomic mass is 15.1. The van der Waals surface area contributed by atoms with Crippen LogP contribution in [0, 0.1) is 6.92 Å². The minimum absolute atomic E-state index is 0.460. The van der Waals surface area contributed by atoms with E-state index in [-0.39, 0.29) is 0 Å². The van der Waals surface area contributed by atoms with Gasteiger partial charge in [-0.3, -0.25) is 0 Å². The Morgan fingerprint density at radius 1 is 1.10 bits per heavy atom. The molecule has 1 rings (SSSR count). The third kappa shape index (κ3) is 4.63. The number of rotatable bonds is 8. The maximum absolute atomic E-state index is 4.66. The van der Waals surface area contributed by atoms with Crippen LogP contribution in [0.2, 0.25) is 0 Å². The Hall–Kier alpha value is -1.36. The maximum Gasteiger partial charge on any atom is 0.134 e. The van der Waals surface area contributed by atoms with Crippen LogP contribution >= 0.6 is 0 Å². The molecule has 20 heavy (non-hydrogen) atoms. The largest absolute Gasteiger partial charge is 0.370 e. The number of nitrogens with one attached hydrogen (secondary N) is 2. The number of likely N-dealkylation sites (N-methyl/N-ethyl adjacent to an activating group) is 1. The van der Waals surface area contributed by atoms with Gasteiger partial charge in [-0.25, -0.2) is 9.97 Å². The summed E-state index contributed by atoms with van der Waals surface area (Å²) in [6.07, 6.45) is 1.97. The van der Waals surface area contributed by atoms with Crippen LogP contribution in [0.15, 0.2) is 0 Å². The molecule has 5 nitrogen and oxygen atoms in total. The van der Waals surface area contributed by atoms with Crippen molar-refractivity contribution in [3.63, 3.8) is 0 Å². The number of hydrogen-bond acceptors (Lipinski definition) is 5. The topological polar surface area (TPSA) is 53.1 Å². The van der Waals surface area contributed by atoms with E-state index in [2.05, 4.69) is 67.3 Å². The lowest BCUT2D eigenvalue weighted by Crippen LogP contribution is -2.32. The van der Waals surface area contributed by atoms with Crippen molar-refractivity contribution in [1.82, 2.24) is 14.9 Å². The van der Waals surface area contributed by atoms with Crippen LogP contribution in [-0.4, -0.2) is 48.1 Å². The molecular formula is C15H29N5. The summed E-state index contributed by atoms with van der Waals surface area (Å²) in [5.74, 6) is 2.81. The van der Waals surface area contributed by atoms with Gasteiger partial charge in [0, 0.05) is 31.1 Å². The van der Waals surface area contributed by atoms with Crippen LogP contribution in [0.3, 0.4) is 0 Å². The van der Waals surface area contributed by atoms with Gasteiger partial charge in [0.1, 0.15) is 17.5 Å². The van der Waals surface area contributed by atoms with Crippen LogP contribution in [0.1, 0.15) is 38.6 Å². The maximum atomic E-state index is 4.66. The van der Waals surface area contributed by atoms with Crippen molar-refractivity contribution in [2.24, 2.45) is 0 Å². The highest BCUT2D eigenvalue weighted by Crippen LogP contribution is 2.20. The molecular weight excluding hydrogens is 250 g/mol. The summed E-state index contributed by atoms with van der Waals surface area (Å²) in [6, 6.07) is 0.460. The monoisotopic (exact) mass is 279 g/mol. The van der Waals surface area contributed by atoms with Crippen molar-refractivity contribution in [2.75, 3.05) is 37.8 Å². The molecule has 1 aromatic rings. The van der Waals surface area contributed by atoms with E-state index in [0.29, 0.717) is 6.04 Å². The van der Waals surface area contributed by atoms with Gasteiger partial charge in [-0.15, -0.1) is 0 Å². The van der Waals surface area contributed by atoms with Gasteiger partial charge in [-0.2, -0.15) is 0 Å². The Morgan fingerprint density at radius 2 is 1.70 bits per heavy atom. The smallest absolute Gasteiger partial charge is 0.134 e. The fraction of sp³-hybridized carbons (Fsp3) is 0.733. The molecule has 2 N–H and O–H groups in total. The van der Waals surface area contributed by atoms with Gasteiger partial charge in [0.2, 0.25) is 0 Å².